The minimum atomic E-state index is 0.0295. The Kier molecular flexibility index (Phi) is 4.65. The molecule has 66 valence electrons. The highest BCUT2D eigenvalue weighted by Gasteiger charge is 2.30. The lowest BCUT2D eigenvalue weighted by molar-refractivity contribution is -0.127. The summed E-state index contributed by atoms with van der Waals surface area (Å²) in [5.41, 5.74) is 0.0295. The molecule has 0 rings (SSSR count). The van der Waals surface area contributed by atoms with E-state index in [-0.39, 0.29) is 5.41 Å². The van der Waals surface area contributed by atoms with Crippen LogP contribution in [0.25, 0.3) is 0 Å². The molecule has 1 nitrogen and oxygen atoms in total. The average molecular weight is 172 g/mol. The molecular formula is C9H20OSi. The van der Waals surface area contributed by atoms with E-state index in [2.05, 4.69) is 20.8 Å². The predicted molar refractivity (Wildman–Crippen MR) is 53.1 cm³/mol. The van der Waals surface area contributed by atoms with Crippen LogP contribution in [0.5, 0.6) is 0 Å². The molecule has 0 saturated carbocycles. The third-order valence-electron chi connectivity index (χ3n) is 2.94. The van der Waals surface area contributed by atoms with E-state index in [1.807, 2.05) is 0 Å². The first-order valence-corrected chi connectivity index (χ1v) is 6.11. The number of carbonyl (C=O) groups is 1. The van der Waals surface area contributed by atoms with Crippen molar-refractivity contribution in [2.75, 3.05) is 0 Å². The summed E-state index contributed by atoms with van der Waals surface area (Å²) in [6, 6.07) is 0.829. The van der Waals surface area contributed by atoms with Crippen molar-refractivity contribution in [3.8, 4) is 0 Å². The van der Waals surface area contributed by atoms with Gasteiger partial charge in [-0.3, -0.25) is 4.79 Å². The maximum absolute atomic E-state index is 11.6. The van der Waals surface area contributed by atoms with Crippen LogP contribution in [0, 0.1) is 5.41 Å². The van der Waals surface area contributed by atoms with E-state index in [1.54, 1.807) is 0 Å². The standard InChI is InChI=1S/C9H20OSi/c1-4-9(5-2,6-3)8(10)7-11/h4-7H2,1-3,11H3. The van der Waals surface area contributed by atoms with Crippen LogP contribution in [0.2, 0.25) is 6.04 Å². The van der Waals surface area contributed by atoms with Crippen LogP contribution in [0.4, 0.5) is 0 Å². The summed E-state index contributed by atoms with van der Waals surface area (Å²) >= 11 is 0. The molecule has 0 amide bonds. The van der Waals surface area contributed by atoms with Crippen molar-refractivity contribution in [2.45, 2.75) is 46.1 Å². The number of Topliss-reactive ketones (excluding diaryl/α,β-unsaturated/α-hetero) is 1. The van der Waals surface area contributed by atoms with Crippen molar-refractivity contribution in [1.29, 1.82) is 0 Å². The fourth-order valence-corrected chi connectivity index (χ4v) is 2.47. The second kappa shape index (κ2) is 4.70. The Morgan fingerprint density at radius 1 is 1.18 bits per heavy atom. The van der Waals surface area contributed by atoms with Gasteiger partial charge in [0.1, 0.15) is 5.78 Å². The predicted octanol–water partition coefficient (Wildman–Crippen LogP) is 1.56. The van der Waals surface area contributed by atoms with E-state index in [0.717, 1.165) is 35.5 Å². The zero-order valence-corrected chi connectivity index (χ0v) is 10.2. The minimum Gasteiger partial charge on any atom is -0.299 e. The quantitative estimate of drug-likeness (QED) is 0.575. The van der Waals surface area contributed by atoms with Crippen LogP contribution < -0.4 is 0 Å². The summed E-state index contributed by atoms with van der Waals surface area (Å²) in [7, 11) is 1.02. The number of carbonyl (C=O) groups excluding carboxylic acids is 1. The smallest absolute Gasteiger partial charge is 0.135 e. The van der Waals surface area contributed by atoms with Crippen LogP contribution in [0.1, 0.15) is 40.0 Å². The van der Waals surface area contributed by atoms with E-state index >= 15 is 0 Å². The van der Waals surface area contributed by atoms with Gasteiger partial charge in [0, 0.05) is 15.7 Å². The highest BCUT2D eigenvalue weighted by molar-refractivity contribution is 6.21. The fraction of sp³-hybridized carbons (Fsp3) is 0.889. The molecule has 0 saturated heterocycles. The molecule has 0 unspecified atom stereocenters. The van der Waals surface area contributed by atoms with Gasteiger partial charge in [-0.2, -0.15) is 0 Å². The Balaban J connectivity index is 4.39. The van der Waals surface area contributed by atoms with Crippen molar-refractivity contribution in [3.05, 3.63) is 0 Å². The Labute approximate surface area is 73.0 Å². The molecule has 0 atom stereocenters. The molecule has 0 aromatic carbocycles. The molecule has 0 spiro atoms. The summed E-state index contributed by atoms with van der Waals surface area (Å²) in [6.45, 7) is 6.38. The number of hydrogen-bond acceptors (Lipinski definition) is 1. The summed E-state index contributed by atoms with van der Waals surface area (Å²) in [6.07, 6.45) is 3.04. The Morgan fingerprint density at radius 2 is 1.55 bits per heavy atom. The zero-order chi connectivity index (χ0) is 8.91. The molecule has 0 aliphatic carbocycles. The first kappa shape index (κ1) is 10.9. The molecule has 0 bridgehead atoms. The monoisotopic (exact) mass is 172 g/mol. The van der Waals surface area contributed by atoms with Gasteiger partial charge in [-0.1, -0.05) is 20.8 Å². The molecule has 0 N–H and O–H groups in total. The number of rotatable bonds is 5. The maximum Gasteiger partial charge on any atom is 0.135 e. The molecule has 0 aliphatic rings. The second-order valence-electron chi connectivity index (χ2n) is 3.12. The first-order valence-electron chi connectivity index (χ1n) is 4.70. The molecule has 0 aromatic heterocycles. The molecule has 0 fully saturated rings. The molecule has 0 heterocycles. The molecular weight excluding hydrogens is 152 g/mol. The minimum absolute atomic E-state index is 0.0295. The fourth-order valence-electron chi connectivity index (χ4n) is 1.72. The van der Waals surface area contributed by atoms with Gasteiger partial charge in [-0.25, -0.2) is 0 Å². The topological polar surface area (TPSA) is 17.1 Å². The zero-order valence-electron chi connectivity index (χ0n) is 8.24. The summed E-state index contributed by atoms with van der Waals surface area (Å²) in [4.78, 5) is 11.6. The lowest BCUT2D eigenvalue weighted by Crippen LogP contribution is -2.28. The van der Waals surface area contributed by atoms with Gasteiger partial charge < -0.3 is 0 Å². The van der Waals surface area contributed by atoms with Crippen molar-refractivity contribution in [1.82, 2.24) is 0 Å². The van der Waals surface area contributed by atoms with Gasteiger partial charge in [-0.05, 0) is 25.3 Å². The van der Waals surface area contributed by atoms with Crippen LogP contribution in [0.3, 0.4) is 0 Å². The lowest BCUT2D eigenvalue weighted by atomic mass is 9.76. The third kappa shape index (κ3) is 2.16. The largest absolute Gasteiger partial charge is 0.299 e. The first-order chi connectivity index (χ1) is 5.16. The highest BCUT2D eigenvalue weighted by atomic mass is 28.1. The van der Waals surface area contributed by atoms with E-state index in [9.17, 15) is 4.79 Å². The van der Waals surface area contributed by atoms with Crippen molar-refractivity contribution in [2.24, 2.45) is 5.41 Å². The van der Waals surface area contributed by atoms with E-state index in [4.69, 9.17) is 0 Å². The molecule has 0 radical (unpaired) electrons. The summed E-state index contributed by atoms with van der Waals surface area (Å²) in [5, 5.41) is 0. The van der Waals surface area contributed by atoms with Gasteiger partial charge in [-0.15, -0.1) is 0 Å². The van der Waals surface area contributed by atoms with E-state index < -0.39 is 0 Å². The molecule has 0 aliphatic heterocycles. The number of ketones is 1. The van der Waals surface area contributed by atoms with Gasteiger partial charge >= 0.3 is 0 Å². The average Bonchev–Trinajstić information content (AvgIpc) is 2.08. The van der Waals surface area contributed by atoms with Gasteiger partial charge in [0.15, 0.2) is 0 Å². The Bertz CT molecular complexity index is 119. The van der Waals surface area contributed by atoms with Gasteiger partial charge in [0.2, 0.25) is 0 Å². The van der Waals surface area contributed by atoms with Gasteiger partial charge in [0.05, 0.1) is 0 Å². The third-order valence-corrected chi connectivity index (χ3v) is 3.59. The second-order valence-corrected chi connectivity index (χ2v) is 3.82. The highest BCUT2D eigenvalue weighted by Crippen LogP contribution is 2.32. The Morgan fingerprint density at radius 3 is 1.64 bits per heavy atom. The normalized spacial score (nSPS) is 11.9. The van der Waals surface area contributed by atoms with Crippen molar-refractivity contribution >= 4 is 16.0 Å². The van der Waals surface area contributed by atoms with Gasteiger partial charge in [0.25, 0.3) is 0 Å². The van der Waals surface area contributed by atoms with E-state index in [1.165, 1.54) is 0 Å². The summed E-state index contributed by atoms with van der Waals surface area (Å²) in [5.74, 6) is 0.497. The van der Waals surface area contributed by atoms with Crippen LogP contribution in [-0.4, -0.2) is 16.0 Å². The maximum atomic E-state index is 11.6. The molecule has 11 heavy (non-hydrogen) atoms. The van der Waals surface area contributed by atoms with Crippen LogP contribution in [0.15, 0.2) is 0 Å². The van der Waals surface area contributed by atoms with E-state index in [0.29, 0.717) is 5.78 Å². The molecule has 0 aromatic rings. The Hall–Kier alpha value is -0.113. The SMILES string of the molecule is CCC(CC)(CC)C(=O)C[SiH3]. The van der Waals surface area contributed by atoms with Crippen molar-refractivity contribution in [3.63, 3.8) is 0 Å². The van der Waals surface area contributed by atoms with Crippen molar-refractivity contribution < 1.29 is 4.79 Å². The summed E-state index contributed by atoms with van der Waals surface area (Å²) < 4.78 is 0. The van der Waals surface area contributed by atoms with Crippen LogP contribution in [-0.2, 0) is 4.79 Å². The number of hydrogen-bond donors (Lipinski definition) is 0. The lowest BCUT2D eigenvalue weighted by Gasteiger charge is -2.28. The molecule has 2 heteroatoms. The van der Waals surface area contributed by atoms with Crippen LogP contribution >= 0.6 is 0 Å².